The van der Waals surface area contributed by atoms with Crippen LogP contribution in [0.15, 0.2) is 42.5 Å². The van der Waals surface area contributed by atoms with Crippen LogP contribution in [0.3, 0.4) is 0 Å². The quantitative estimate of drug-likeness (QED) is 0.850. The van der Waals surface area contributed by atoms with E-state index in [4.69, 9.17) is 5.73 Å². The Labute approximate surface area is 124 Å². The van der Waals surface area contributed by atoms with E-state index in [9.17, 15) is 4.79 Å². The molecule has 0 saturated carbocycles. The second-order valence-electron chi connectivity index (χ2n) is 5.50. The summed E-state index contributed by atoms with van der Waals surface area (Å²) in [6, 6.07) is 13.9. The van der Waals surface area contributed by atoms with E-state index in [0.717, 1.165) is 24.3 Å². The van der Waals surface area contributed by atoms with Crippen LogP contribution in [0.1, 0.15) is 16.7 Å². The maximum Gasteiger partial charge on any atom is 0.238 e. The van der Waals surface area contributed by atoms with E-state index in [0.29, 0.717) is 12.2 Å². The maximum atomic E-state index is 12.2. The highest BCUT2D eigenvalue weighted by atomic mass is 16.2. The van der Waals surface area contributed by atoms with Gasteiger partial charge in [0.25, 0.3) is 0 Å². The van der Waals surface area contributed by atoms with E-state index in [1.165, 1.54) is 11.1 Å². The molecule has 2 aromatic carbocycles. The lowest BCUT2D eigenvalue weighted by Gasteiger charge is -2.16. The predicted octanol–water partition coefficient (Wildman–Crippen LogP) is 2.53. The number of nitrogen functional groups attached to an aromatic ring is 1. The molecule has 0 fully saturated rings. The zero-order chi connectivity index (χ0) is 14.8. The third kappa shape index (κ3) is 2.90. The number of nitrogens with zero attached hydrogens (tertiary/aromatic N) is 1. The summed E-state index contributed by atoms with van der Waals surface area (Å²) in [5, 5.41) is 2.93. The van der Waals surface area contributed by atoms with Gasteiger partial charge in [-0.2, -0.15) is 0 Å². The van der Waals surface area contributed by atoms with Gasteiger partial charge in [-0.25, -0.2) is 0 Å². The molecule has 3 rings (SSSR count). The van der Waals surface area contributed by atoms with Crippen molar-refractivity contribution in [3.63, 3.8) is 0 Å². The second-order valence-corrected chi connectivity index (χ2v) is 5.50. The fourth-order valence-electron chi connectivity index (χ4n) is 2.76. The van der Waals surface area contributed by atoms with E-state index >= 15 is 0 Å². The highest BCUT2D eigenvalue weighted by Crippen LogP contribution is 2.24. The van der Waals surface area contributed by atoms with Crippen LogP contribution in [0.25, 0.3) is 0 Å². The van der Waals surface area contributed by atoms with Crippen LogP contribution in [-0.4, -0.2) is 17.4 Å². The van der Waals surface area contributed by atoms with Gasteiger partial charge in [0.1, 0.15) is 0 Å². The average molecular weight is 281 g/mol. The zero-order valence-electron chi connectivity index (χ0n) is 12.1. The minimum absolute atomic E-state index is 0.0243. The number of aryl methyl sites for hydroxylation is 1. The van der Waals surface area contributed by atoms with E-state index in [-0.39, 0.29) is 5.91 Å². The van der Waals surface area contributed by atoms with Gasteiger partial charge in [-0.05, 0) is 29.7 Å². The van der Waals surface area contributed by atoms with Crippen LogP contribution in [0.4, 0.5) is 11.4 Å². The molecule has 21 heavy (non-hydrogen) atoms. The molecular formula is C17H19N3O. The van der Waals surface area contributed by atoms with Crippen LogP contribution in [0.2, 0.25) is 0 Å². The number of carbonyl (C=O) groups excluding carboxylic acids is 1. The SMILES string of the molecule is Cc1cccc(N)c1NC(=O)CN1Cc2ccccc2C1. The Balaban J connectivity index is 1.64. The van der Waals surface area contributed by atoms with Crippen LogP contribution >= 0.6 is 0 Å². The summed E-state index contributed by atoms with van der Waals surface area (Å²) in [7, 11) is 0. The Morgan fingerprint density at radius 2 is 1.81 bits per heavy atom. The standard InChI is InChI=1S/C17H19N3O/c1-12-5-4-8-15(18)17(12)19-16(21)11-20-9-13-6-2-3-7-14(13)10-20/h2-8H,9-11,18H2,1H3,(H,19,21). The molecule has 1 aliphatic rings. The van der Waals surface area contributed by atoms with Gasteiger partial charge in [-0.15, -0.1) is 0 Å². The first-order valence-electron chi connectivity index (χ1n) is 7.07. The molecule has 1 amide bonds. The van der Waals surface area contributed by atoms with E-state index in [1.807, 2.05) is 31.2 Å². The summed E-state index contributed by atoms with van der Waals surface area (Å²) < 4.78 is 0. The van der Waals surface area contributed by atoms with Crippen molar-refractivity contribution in [2.45, 2.75) is 20.0 Å². The number of fused-ring (bicyclic) bond motifs is 1. The number of hydrogen-bond donors (Lipinski definition) is 2. The van der Waals surface area contributed by atoms with Gasteiger partial charge in [-0.3, -0.25) is 9.69 Å². The monoisotopic (exact) mass is 281 g/mol. The molecule has 0 bridgehead atoms. The van der Waals surface area contributed by atoms with Crippen LogP contribution < -0.4 is 11.1 Å². The van der Waals surface area contributed by atoms with Gasteiger partial charge in [0.05, 0.1) is 17.9 Å². The first-order valence-corrected chi connectivity index (χ1v) is 7.07. The van der Waals surface area contributed by atoms with Crippen molar-refractivity contribution in [2.24, 2.45) is 0 Å². The molecule has 0 atom stereocenters. The molecule has 4 heteroatoms. The Kier molecular flexibility index (Phi) is 3.62. The normalized spacial score (nSPS) is 14.0. The molecule has 4 nitrogen and oxygen atoms in total. The van der Waals surface area contributed by atoms with E-state index < -0.39 is 0 Å². The highest BCUT2D eigenvalue weighted by Gasteiger charge is 2.20. The number of nitrogens with one attached hydrogen (secondary N) is 1. The van der Waals surface area contributed by atoms with Crippen molar-refractivity contribution >= 4 is 17.3 Å². The topological polar surface area (TPSA) is 58.4 Å². The van der Waals surface area contributed by atoms with Gasteiger partial charge >= 0.3 is 0 Å². The zero-order valence-corrected chi connectivity index (χ0v) is 12.1. The number of para-hydroxylation sites is 1. The minimum atomic E-state index is -0.0243. The lowest BCUT2D eigenvalue weighted by molar-refractivity contribution is -0.117. The molecule has 1 aliphatic heterocycles. The van der Waals surface area contributed by atoms with Gasteiger partial charge in [0.2, 0.25) is 5.91 Å². The molecule has 0 aromatic heterocycles. The molecule has 0 unspecified atom stereocenters. The van der Waals surface area contributed by atoms with Crippen LogP contribution in [0.5, 0.6) is 0 Å². The number of carbonyl (C=O) groups is 1. The Morgan fingerprint density at radius 3 is 2.43 bits per heavy atom. The lowest BCUT2D eigenvalue weighted by Crippen LogP contribution is -2.29. The molecule has 108 valence electrons. The highest BCUT2D eigenvalue weighted by molar-refractivity contribution is 5.96. The molecular weight excluding hydrogens is 262 g/mol. The van der Waals surface area contributed by atoms with Gasteiger partial charge in [0.15, 0.2) is 0 Å². The first kappa shape index (κ1) is 13.6. The minimum Gasteiger partial charge on any atom is -0.397 e. The molecule has 0 aliphatic carbocycles. The smallest absolute Gasteiger partial charge is 0.238 e. The number of benzene rings is 2. The van der Waals surface area contributed by atoms with Crippen molar-refractivity contribution in [2.75, 3.05) is 17.6 Å². The van der Waals surface area contributed by atoms with Crippen molar-refractivity contribution in [1.82, 2.24) is 4.90 Å². The first-order chi connectivity index (χ1) is 10.1. The molecule has 2 aromatic rings. The predicted molar refractivity (Wildman–Crippen MR) is 84.8 cm³/mol. The Hall–Kier alpha value is -2.33. The third-order valence-corrected chi connectivity index (χ3v) is 3.84. The third-order valence-electron chi connectivity index (χ3n) is 3.84. The molecule has 0 saturated heterocycles. The van der Waals surface area contributed by atoms with Crippen LogP contribution in [-0.2, 0) is 17.9 Å². The Morgan fingerprint density at radius 1 is 1.14 bits per heavy atom. The number of amides is 1. The summed E-state index contributed by atoms with van der Waals surface area (Å²) in [6.07, 6.45) is 0. The summed E-state index contributed by atoms with van der Waals surface area (Å²) in [5.74, 6) is -0.0243. The average Bonchev–Trinajstić information content (AvgIpc) is 2.85. The van der Waals surface area contributed by atoms with Gasteiger partial charge in [0, 0.05) is 13.1 Å². The number of nitrogens with two attached hydrogens (primary N) is 1. The summed E-state index contributed by atoms with van der Waals surface area (Å²) in [4.78, 5) is 14.3. The van der Waals surface area contributed by atoms with Crippen molar-refractivity contribution < 1.29 is 4.79 Å². The van der Waals surface area contributed by atoms with Crippen molar-refractivity contribution in [1.29, 1.82) is 0 Å². The fourth-order valence-corrected chi connectivity index (χ4v) is 2.76. The van der Waals surface area contributed by atoms with Gasteiger partial charge in [-0.1, -0.05) is 36.4 Å². The van der Waals surface area contributed by atoms with Crippen LogP contribution in [0, 0.1) is 6.92 Å². The maximum absolute atomic E-state index is 12.2. The summed E-state index contributed by atoms with van der Waals surface area (Å²) in [6.45, 7) is 3.97. The van der Waals surface area contributed by atoms with E-state index in [2.05, 4.69) is 22.3 Å². The number of anilines is 2. The largest absolute Gasteiger partial charge is 0.397 e. The summed E-state index contributed by atoms with van der Waals surface area (Å²) in [5.41, 5.74) is 10.8. The number of rotatable bonds is 3. The van der Waals surface area contributed by atoms with E-state index in [1.54, 1.807) is 6.07 Å². The number of hydrogen-bond acceptors (Lipinski definition) is 3. The fraction of sp³-hybridized carbons (Fsp3) is 0.235. The molecule has 0 spiro atoms. The Bertz CT molecular complexity index is 636. The second kappa shape index (κ2) is 5.58. The molecule has 1 heterocycles. The molecule has 3 N–H and O–H groups in total. The van der Waals surface area contributed by atoms with Crippen molar-refractivity contribution in [3.8, 4) is 0 Å². The van der Waals surface area contributed by atoms with Crippen molar-refractivity contribution in [3.05, 3.63) is 59.2 Å². The summed E-state index contributed by atoms with van der Waals surface area (Å²) >= 11 is 0. The molecule has 0 radical (unpaired) electrons. The van der Waals surface area contributed by atoms with Gasteiger partial charge < -0.3 is 11.1 Å². The lowest BCUT2D eigenvalue weighted by atomic mass is 10.1.